The number of phosphoric ester groups is 1. The highest BCUT2D eigenvalue weighted by Crippen LogP contribution is 2.39. The van der Waals surface area contributed by atoms with Gasteiger partial charge in [-0.2, -0.15) is 0 Å². The summed E-state index contributed by atoms with van der Waals surface area (Å²) in [7, 11) is 1.15. The molecule has 0 spiro atoms. The van der Waals surface area contributed by atoms with Crippen LogP contribution in [0.25, 0.3) is 0 Å². The van der Waals surface area contributed by atoms with Crippen molar-refractivity contribution in [2.45, 2.75) is 90.1 Å². The van der Waals surface area contributed by atoms with Crippen LogP contribution < -0.4 is 4.89 Å². The molecule has 9 heteroatoms. The van der Waals surface area contributed by atoms with Crippen LogP contribution >= 0.6 is 7.82 Å². The average molecular weight is 468 g/mol. The molecule has 0 bridgehead atoms. The van der Waals surface area contributed by atoms with Crippen molar-refractivity contribution in [1.29, 1.82) is 0 Å². The van der Waals surface area contributed by atoms with Crippen molar-refractivity contribution in [3.8, 4) is 0 Å². The maximum atomic E-state index is 11.8. The van der Waals surface area contributed by atoms with Gasteiger partial charge in [-0.25, -0.2) is 0 Å². The molecule has 0 aliphatic carbocycles. The van der Waals surface area contributed by atoms with E-state index in [1.54, 1.807) is 0 Å². The average Bonchev–Trinajstić information content (AvgIpc) is 2.68. The first-order valence-corrected chi connectivity index (χ1v) is 13.3. The first-order chi connectivity index (χ1) is 14.6. The number of aliphatic hydroxyl groups excluding tert-OH is 1. The molecule has 0 aliphatic rings. The first-order valence-electron chi connectivity index (χ1n) is 11.8. The van der Waals surface area contributed by atoms with E-state index in [4.69, 9.17) is 13.8 Å². The number of aliphatic hydroxyl groups is 1. The number of esters is 1. The predicted molar refractivity (Wildman–Crippen MR) is 120 cm³/mol. The zero-order chi connectivity index (χ0) is 23.6. The lowest BCUT2D eigenvalue weighted by Gasteiger charge is -2.29. The van der Waals surface area contributed by atoms with Crippen LogP contribution in [-0.4, -0.2) is 69.2 Å². The van der Waals surface area contributed by atoms with Crippen molar-refractivity contribution in [3.63, 3.8) is 0 Å². The van der Waals surface area contributed by atoms with E-state index in [9.17, 15) is 19.4 Å². The smallest absolute Gasteiger partial charge is 0.305 e. The third-order valence-electron chi connectivity index (χ3n) is 4.91. The van der Waals surface area contributed by atoms with Crippen molar-refractivity contribution in [2.24, 2.45) is 0 Å². The minimum atomic E-state index is -4.57. The molecule has 0 heterocycles. The van der Waals surface area contributed by atoms with Gasteiger partial charge < -0.3 is 28.3 Å². The van der Waals surface area contributed by atoms with E-state index in [1.165, 1.54) is 51.4 Å². The Balaban J connectivity index is 3.80. The molecule has 0 fully saturated rings. The lowest BCUT2D eigenvalue weighted by molar-refractivity contribution is -0.870. The lowest BCUT2D eigenvalue weighted by Crippen LogP contribution is -2.38. The summed E-state index contributed by atoms with van der Waals surface area (Å²) in [6, 6.07) is 0. The predicted octanol–water partition coefficient (Wildman–Crippen LogP) is 3.80. The quantitative estimate of drug-likeness (QED) is 0.118. The number of carbonyl (C=O) groups is 1. The second-order valence-corrected chi connectivity index (χ2v) is 10.5. The van der Waals surface area contributed by atoms with Gasteiger partial charge in [0.05, 0.1) is 27.7 Å². The number of hydrogen-bond donors (Lipinski definition) is 1. The molecule has 1 unspecified atom stereocenters. The monoisotopic (exact) mass is 467 g/mol. The maximum absolute atomic E-state index is 11.8. The van der Waals surface area contributed by atoms with Gasteiger partial charge in [-0.1, -0.05) is 71.1 Å². The van der Waals surface area contributed by atoms with E-state index >= 15 is 0 Å². The Morgan fingerprint density at radius 2 is 1.48 bits per heavy atom. The Labute approximate surface area is 189 Å². The number of hydrogen-bond acceptors (Lipinski definition) is 7. The van der Waals surface area contributed by atoms with Gasteiger partial charge >= 0.3 is 5.97 Å². The molecule has 1 N–H and O–H groups in total. The Morgan fingerprint density at radius 3 is 1.97 bits per heavy atom. The molecule has 0 rings (SSSR count). The van der Waals surface area contributed by atoms with Gasteiger partial charge in [0.1, 0.15) is 25.9 Å². The summed E-state index contributed by atoms with van der Waals surface area (Å²) in [6.45, 7) is 1.77. The number of ether oxygens (including phenoxy) is 1. The Bertz CT molecular complexity index is 497. The number of quaternary nitrogens is 1. The van der Waals surface area contributed by atoms with Crippen molar-refractivity contribution >= 4 is 13.8 Å². The maximum Gasteiger partial charge on any atom is 0.305 e. The van der Waals surface area contributed by atoms with Gasteiger partial charge in [0.2, 0.25) is 0 Å². The molecule has 8 nitrogen and oxygen atoms in total. The number of likely N-dealkylation sites (N-methyl/N-ethyl adjacent to an activating group) is 1. The van der Waals surface area contributed by atoms with Crippen LogP contribution in [-0.2, 0) is 23.1 Å². The van der Waals surface area contributed by atoms with E-state index < -0.39 is 26.5 Å². The molecule has 0 saturated carbocycles. The van der Waals surface area contributed by atoms with Gasteiger partial charge in [-0.05, 0) is 6.42 Å². The van der Waals surface area contributed by atoms with Crippen LogP contribution in [0.2, 0.25) is 0 Å². The Kier molecular flexibility index (Phi) is 17.7. The second kappa shape index (κ2) is 18.0. The number of unbranched alkanes of at least 4 members (excludes halogenated alkanes) is 10. The van der Waals surface area contributed by atoms with Crippen molar-refractivity contribution in [2.75, 3.05) is 47.5 Å². The highest BCUT2D eigenvalue weighted by molar-refractivity contribution is 7.45. The first kappa shape index (κ1) is 30.5. The summed E-state index contributed by atoms with van der Waals surface area (Å²) in [5.41, 5.74) is 0. The number of rotatable bonds is 21. The minimum absolute atomic E-state index is 0.0267. The standard InChI is InChI=1S/C22H46NO7P/c1-5-6-7-8-9-10-11-12-13-14-15-16-22(25)28-20-21(19-24)30-31(26,27)29-18-17-23(2,3)4/h21,24H,5-20H2,1-4H3/t21-/m0/s1. The number of phosphoric acid groups is 1. The fourth-order valence-electron chi connectivity index (χ4n) is 2.95. The molecule has 2 atom stereocenters. The normalized spacial score (nSPS) is 14.9. The third kappa shape index (κ3) is 21.1. The van der Waals surface area contributed by atoms with Crippen molar-refractivity contribution in [3.05, 3.63) is 0 Å². The molecule has 0 aliphatic heterocycles. The van der Waals surface area contributed by atoms with Crippen LogP contribution in [0.3, 0.4) is 0 Å². The topological polar surface area (TPSA) is 105 Å². The molecule has 0 saturated heterocycles. The highest BCUT2D eigenvalue weighted by Gasteiger charge is 2.20. The van der Waals surface area contributed by atoms with Crippen LogP contribution in [0.15, 0.2) is 0 Å². The summed E-state index contributed by atoms with van der Waals surface area (Å²) >= 11 is 0. The Hall–Kier alpha value is -0.500. The summed E-state index contributed by atoms with van der Waals surface area (Å²) in [6.07, 6.45) is 12.3. The van der Waals surface area contributed by atoms with Gasteiger partial charge in [-0.3, -0.25) is 9.36 Å². The summed E-state index contributed by atoms with van der Waals surface area (Å²) in [4.78, 5) is 23.7. The third-order valence-corrected chi connectivity index (χ3v) is 5.96. The van der Waals surface area contributed by atoms with Crippen molar-refractivity contribution < 1.29 is 37.6 Å². The van der Waals surface area contributed by atoms with E-state index in [-0.39, 0.29) is 19.6 Å². The summed E-state index contributed by atoms with van der Waals surface area (Å²) in [5.74, 6) is -0.412. The van der Waals surface area contributed by atoms with Crippen LogP contribution in [0.1, 0.15) is 84.0 Å². The minimum Gasteiger partial charge on any atom is -0.756 e. The van der Waals surface area contributed by atoms with Gasteiger partial charge in [0, 0.05) is 6.42 Å². The zero-order valence-electron chi connectivity index (χ0n) is 20.2. The van der Waals surface area contributed by atoms with E-state index in [1.807, 2.05) is 21.1 Å². The molecule has 186 valence electrons. The molecular formula is C22H46NO7P. The number of nitrogens with zero attached hydrogens (tertiary/aromatic N) is 1. The van der Waals surface area contributed by atoms with E-state index in [2.05, 4.69) is 6.92 Å². The van der Waals surface area contributed by atoms with Crippen LogP contribution in [0.5, 0.6) is 0 Å². The molecule has 0 radical (unpaired) electrons. The van der Waals surface area contributed by atoms with Gasteiger partial charge in [-0.15, -0.1) is 0 Å². The summed E-state index contributed by atoms with van der Waals surface area (Å²) in [5, 5.41) is 9.30. The molecular weight excluding hydrogens is 421 g/mol. The van der Waals surface area contributed by atoms with Crippen LogP contribution in [0, 0.1) is 0 Å². The fraction of sp³-hybridized carbons (Fsp3) is 0.955. The van der Waals surface area contributed by atoms with Gasteiger partial charge in [0.25, 0.3) is 7.82 Å². The number of carbonyl (C=O) groups excluding carboxylic acids is 1. The Morgan fingerprint density at radius 1 is 0.968 bits per heavy atom. The fourth-order valence-corrected chi connectivity index (χ4v) is 3.81. The molecule has 0 aromatic rings. The summed E-state index contributed by atoms with van der Waals surface area (Å²) < 4.78 is 27.0. The van der Waals surface area contributed by atoms with E-state index in [0.29, 0.717) is 11.0 Å². The SMILES string of the molecule is CCCCCCCCCCCCCC(=O)OC[C@H](CO)OP(=O)([O-])OCC[N+](C)(C)C. The van der Waals surface area contributed by atoms with Crippen LogP contribution in [0.4, 0.5) is 0 Å². The van der Waals surface area contributed by atoms with Gasteiger partial charge in [0.15, 0.2) is 0 Å². The highest BCUT2D eigenvalue weighted by atomic mass is 31.2. The molecule has 31 heavy (non-hydrogen) atoms. The molecule has 0 amide bonds. The molecule has 0 aromatic heterocycles. The van der Waals surface area contributed by atoms with E-state index in [0.717, 1.165) is 19.3 Å². The lowest BCUT2D eigenvalue weighted by atomic mass is 10.1. The van der Waals surface area contributed by atoms with Crippen molar-refractivity contribution in [1.82, 2.24) is 0 Å². The molecule has 0 aromatic carbocycles. The zero-order valence-corrected chi connectivity index (χ0v) is 21.1. The largest absolute Gasteiger partial charge is 0.756 e. The second-order valence-electron chi connectivity index (χ2n) is 9.17.